The van der Waals surface area contributed by atoms with Crippen molar-refractivity contribution in [3.63, 3.8) is 0 Å². The summed E-state index contributed by atoms with van der Waals surface area (Å²) in [5.41, 5.74) is 1.06. The predicted octanol–water partition coefficient (Wildman–Crippen LogP) is 1.64. The van der Waals surface area contributed by atoms with Gasteiger partial charge in [-0.25, -0.2) is 4.98 Å². The first kappa shape index (κ1) is 12.0. The summed E-state index contributed by atoms with van der Waals surface area (Å²) in [6.45, 7) is 6.23. The molecule has 1 amide bonds. The van der Waals surface area contributed by atoms with Crippen molar-refractivity contribution in [3.8, 4) is 0 Å². The molecule has 0 aromatic carbocycles. The second kappa shape index (κ2) is 5.70. The highest BCUT2D eigenvalue weighted by Gasteiger charge is 2.04. The van der Waals surface area contributed by atoms with E-state index in [1.807, 2.05) is 19.2 Å². The molecule has 1 aromatic rings. The zero-order valence-corrected chi connectivity index (χ0v) is 10.1. The van der Waals surface area contributed by atoms with Gasteiger partial charge in [-0.05, 0) is 20.3 Å². The van der Waals surface area contributed by atoms with E-state index in [9.17, 15) is 4.79 Å². The Bertz CT molecular complexity index is 322. The van der Waals surface area contributed by atoms with Gasteiger partial charge in [0.15, 0.2) is 5.13 Å². The smallest absolute Gasteiger partial charge is 0.239 e. The van der Waals surface area contributed by atoms with E-state index >= 15 is 0 Å². The van der Waals surface area contributed by atoms with Gasteiger partial charge in [-0.15, -0.1) is 11.3 Å². The molecule has 5 heteroatoms. The van der Waals surface area contributed by atoms with E-state index in [-0.39, 0.29) is 18.5 Å². The average molecular weight is 227 g/mol. The predicted molar refractivity (Wildman–Crippen MR) is 63.3 cm³/mol. The molecule has 15 heavy (non-hydrogen) atoms. The number of aromatic nitrogens is 1. The van der Waals surface area contributed by atoms with Crippen molar-refractivity contribution in [1.82, 2.24) is 10.3 Å². The van der Waals surface area contributed by atoms with Crippen LogP contribution in [0.2, 0.25) is 0 Å². The Morgan fingerprint density at radius 1 is 1.60 bits per heavy atom. The third-order valence-corrected chi connectivity index (χ3v) is 2.61. The fraction of sp³-hybridized carbons (Fsp3) is 0.600. The van der Waals surface area contributed by atoms with Crippen LogP contribution < -0.4 is 10.6 Å². The fourth-order valence-corrected chi connectivity index (χ4v) is 1.87. The van der Waals surface area contributed by atoms with Crippen molar-refractivity contribution >= 4 is 22.4 Å². The summed E-state index contributed by atoms with van der Waals surface area (Å²) < 4.78 is 0. The highest BCUT2D eigenvalue weighted by Crippen LogP contribution is 2.14. The van der Waals surface area contributed by atoms with Gasteiger partial charge in [-0.3, -0.25) is 4.79 Å². The standard InChI is InChI=1S/C10H17N3OS/c1-4-8-6-15-10(13-8)11-5-9(14)12-7(2)3/h6-7H,4-5H2,1-3H3,(H,11,13)(H,12,14). The lowest BCUT2D eigenvalue weighted by Gasteiger charge is -2.08. The van der Waals surface area contributed by atoms with E-state index < -0.39 is 0 Å². The first-order valence-corrected chi connectivity index (χ1v) is 5.97. The van der Waals surface area contributed by atoms with Gasteiger partial charge in [-0.2, -0.15) is 0 Å². The van der Waals surface area contributed by atoms with Gasteiger partial charge in [-0.1, -0.05) is 6.92 Å². The fourth-order valence-electron chi connectivity index (χ4n) is 1.08. The minimum atomic E-state index is -0.00162. The molecule has 0 aliphatic rings. The molecule has 0 bridgehead atoms. The minimum Gasteiger partial charge on any atom is -0.352 e. The topological polar surface area (TPSA) is 54.0 Å². The monoisotopic (exact) mass is 227 g/mol. The Hall–Kier alpha value is -1.10. The molecular weight excluding hydrogens is 210 g/mol. The highest BCUT2D eigenvalue weighted by atomic mass is 32.1. The molecule has 4 nitrogen and oxygen atoms in total. The molecule has 1 rings (SSSR count). The normalized spacial score (nSPS) is 10.4. The Kier molecular flexibility index (Phi) is 4.55. The van der Waals surface area contributed by atoms with Gasteiger partial charge >= 0.3 is 0 Å². The van der Waals surface area contributed by atoms with Crippen molar-refractivity contribution in [2.75, 3.05) is 11.9 Å². The number of amides is 1. The third kappa shape index (κ3) is 4.29. The lowest BCUT2D eigenvalue weighted by molar-refractivity contribution is -0.119. The van der Waals surface area contributed by atoms with Crippen LogP contribution in [-0.4, -0.2) is 23.5 Å². The first-order chi connectivity index (χ1) is 7.11. The number of hydrogen-bond acceptors (Lipinski definition) is 4. The lowest BCUT2D eigenvalue weighted by atomic mass is 10.4. The van der Waals surface area contributed by atoms with E-state index in [1.54, 1.807) is 0 Å². The number of anilines is 1. The SMILES string of the molecule is CCc1csc(NCC(=O)NC(C)C)n1. The van der Waals surface area contributed by atoms with Crippen LogP contribution in [0.15, 0.2) is 5.38 Å². The van der Waals surface area contributed by atoms with Crippen molar-refractivity contribution in [3.05, 3.63) is 11.1 Å². The molecule has 0 saturated carbocycles. The molecule has 0 atom stereocenters. The molecule has 0 aliphatic heterocycles. The molecule has 0 radical (unpaired) electrons. The first-order valence-electron chi connectivity index (χ1n) is 5.09. The molecule has 0 spiro atoms. The summed E-state index contributed by atoms with van der Waals surface area (Å²) in [6, 6.07) is 0.182. The Balaban J connectivity index is 2.33. The third-order valence-electron chi connectivity index (χ3n) is 1.76. The number of rotatable bonds is 5. The summed E-state index contributed by atoms with van der Waals surface area (Å²) in [6.07, 6.45) is 0.927. The molecule has 0 aliphatic carbocycles. The zero-order valence-electron chi connectivity index (χ0n) is 9.33. The van der Waals surface area contributed by atoms with Crippen molar-refractivity contribution in [2.45, 2.75) is 33.2 Å². The summed E-state index contributed by atoms with van der Waals surface area (Å²) in [4.78, 5) is 15.6. The Morgan fingerprint density at radius 3 is 2.87 bits per heavy atom. The lowest BCUT2D eigenvalue weighted by Crippen LogP contribution is -2.34. The molecule has 84 valence electrons. The van der Waals surface area contributed by atoms with Crippen LogP contribution in [0.3, 0.4) is 0 Å². The van der Waals surface area contributed by atoms with E-state index in [0.29, 0.717) is 0 Å². The summed E-state index contributed by atoms with van der Waals surface area (Å²) >= 11 is 1.53. The van der Waals surface area contributed by atoms with Crippen LogP contribution in [0.4, 0.5) is 5.13 Å². The van der Waals surface area contributed by atoms with Crippen LogP contribution in [0.1, 0.15) is 26.5 Å². The largest absolute Gasteiger partial charge is 0.352 e. The Labute approximate surface area is 94.1 Å². The van der Waals surface area contributed by atoms with Gasteiger partial charge in [0, 0.05) is 11.4 Å². The van der Waals surface area contributed by atoms with Crippen LogP contribution >= 0.6 is 11.3 Å². The number of thiazole rings is 1. The number of nitrogens with one attached hydrogen (secondary N) is 2. The van der Waals surface area contributed by atoms with Gasteiger partial charge in [0.05, 0.1) is 12.2 Å². The molecule has 2 N–H and O–H groups in total. The van der Waals surface area contributed by atoms with Crippen molar-refractivity contribution in [2.24, 2.45) is 0 Å². The number of carbonyl (C=O) groups is 1. The zero-order chi connectivity index (χ0) is 11.3. The van der Waals surface area contributed by atoms with E-state index in [1.165, 1.54) is 11.3 Å². The molecule has 1 heterocycles. The maximum absolute atomic E-state index is 11.3. The average Bonchev–Trinajstić information content (AvgIpc) is 2.61. The molecular formula is C10H17N3OS. The molecule has 0 saturated heterocycles. The molecule has 1 aromatic heterocycles. The molecule has 0 unspecified atom stereocenters. The van der Waals surface area contributed by atoms with E-state index in [4.69, 9.17) is 0 Å². The Morgan fingerprint density at radius 2 is 2.33 bits per heavy atom. The number of carbonyl (C=O) groups excluding carboxylic acids is 1. The second-order valence-corrected chi connectivity index (χ2v) is 4.43. The number of nitrogens with zero attached hydrogens (tertiary/aromatic N) is 1. The van der Waals surface area contributed by atoms with Crippen LogP contribution in [0, 0.1) is 0 Å². The molecule has 0 fully saturated rings. The summed E-state index contributed by atoms with van der Waals surface area (Å²) in [7, 11) is 0. The van der Waals surface area contributed by atoms with Gasteiger partial charge in [0.25, 0.3) is 0 Å². The maximum Gasteiger partial charge on any atom is 0.239 e. The maximum atomic E-state index is 11.3. The van der Waals surface area contributed by atoms with Gasteiger partial charge in [0.1, 0.15) is 0 Å². The van der Waals surface area contributed by atoms with E-state index in [0.717, 1.165) is 17.2 Å². The van der Waals surface area contributed by atoms with Crippen molar-refractivity contribution < 1.29 is 4.79 Å². The van der Waals surface area contributed by atoms with Crippen LogP contribution in [0.25, 0.3) is 0 Å². The minimum absolute atomic E-state index is 0.00162. The van der Waals surface area contributed by atoms with Crippen molar-refractivity contribution in [1.29, 1.82) is 0 Å². The number of aryl methyl sites for hydroxylation is 1. The highest BCUT2D eigenvalue weighted by molar-refractivity contribution is 7.13. The van der Waals surface area contributed by atoms with Gasteiger partial charge < -0.3 is 10.6 Å². The van der Waals surface area contributed by atoms with Crippen LogP contribution in [0.5, 0.6) is 0 Å². The summed E-state index contributed by atoms with van der Waals surface area (Å²) in [5, 5.41) is 8.62. The van der Waals surface area contributed by atoms with Crippen LogP contribution in [-0.2, 0) is 11.2 Å². The quantitative estimate of drug-likeness (QED) is 0.804. The number of hydrogen-bond donors (Lipinski definition) is 2. The van der Waals surface area contributed by atoms with Gasteiger partial charge in [0.2, 0.25) is 5.91 Å². The van der Waals surface area contributed by atoms with E-state index in [2.05, 4.69) is 22.5 Å². The summed E-state index contributed by atoms with van der Waals surface area (Å²) in [5.74, 6) is -0.00162. The second-order valence-electron chi connectivity index (χ2n) is 3.57.